The van der Waals surface area contributed by atoms with Crippen LogP contribution in [-0.4, -0.2) is 50.6 Å². The molecule has 2 atom stereocenters. The van der Waals surface area contributed by atoms with Crippen LogP contribution >= 0.6 is 11.6 Å². The van der Waals surface area contributed by atoms with Crippen molar-refractivity contribution in [1.82, 2.24) is 10.2 Å². The van der Waals surface area contributed by atoms with E-state index in [9.17, 15) is 9.59 Å². The molecular weight excluding hydrogens is 416 g/mol. The average molecular weight is 445 g/mol. The Balaban J connectivity index is 1.91. The van der Waals surface area contributed by atoms with Gasteiger partial charge in [-0.1, -0.05) is 37.1 Å². The van der Waals surface area contributed by atoms with Gasteiger partial charge in [0.05, 0.1) is 20.1 Å². The summed E-state index contributed by atoms with van der Waals surface area (Å²) in [5.41, 5.74) is 1.41. The first kappa shape index (κ1) is 22.9. The van der Waals surface area contributed by atoms with E-state index in [1.54, 1.807) is 43.4 Å². The molecule has 0 saturated carbocycles. The monoisotopic (exact) mass is 444 g/mol. The van der Waals surface area contributed by atoms with Crippen LogP contribution in [-0.2, 0) is 4.79 Å². The minimum Gasteiger partial charge on any atom is -0.493 e. The summed E-state index contributed by atoms with van der Waals surface area (Å²) >= 11 is 5.96. The molecule has 0 aromatic heterocycles. The van der Waals surface area contributed by atoms with Gasteiger partial charge in [0, 0.05) is 41.7 Å². The topological polar surface area (TPSA) is 67.9 Å². The lowest BCUT2D eigenvalue weighted by molar-refractivity contribution is -0.124. The van der Waals surface area contributed by atoms with Crippen molar-refractivity contribution in [3.8, 4) is 11.5 Å². The maximum atomic E-state index is 13.1. The van der Waals surface area contributed by atoms with Gasteiger partial charge < -0.3 is 19.7 Å². The largest absolute Gasteiger partial charge is 0.493 e. The Labute approximate surface area is 188 Å². The van der Waals surface area contributed by atoms with Gasteiger partial charge in [-0.15, -0.1) is 0 Å². The fourth-order valence-electron chi connectivity index (χ4n) is 4.05. The molecule has 3 rings (SSSR count). The third-order valence-electron chi connectivity index (χ3n) is 5.70. The van der Waals surface area contributed by atoms with Gasteiger partial charge in [-0.2, -0.15) is 0 Å². The Kier molecular flexibility index (Phi) is 7.80. The number of rotatable bonds is 8. The van der Waals surface area contributed by atoms with Crippen molar-refractivity contribution in [3.05, 3.63) is 58.6 Å². The van der Waals surface area contributed by atoms with Crippen LogP contribution in [0.4, 0.5) is 0 Å². The van der Waals surface area contributed by atoms with Crippen molar-refractivity contribution >= 4 is 23.4 Å². The average Bonchev–Trinajstić information content (AvgIpc) is 3.24. The van der Waals surface area contributed by atoms with Gasteiger partial charge in [0.15, 0.2) is 11.5 Å². The summed E-state index contributed by atoms with van der Waals surface area (Å²) in [4.78, 5) is 27.9. The fourth-order valence-corrected chi connectivity index (χ4v) is 4.17. The number of halogens is 1. The Morgan fingerprint density at radius 3 is 2.48 bits per heavy atom. The van der Waals surface area contributed by atoms with E-state index in [4.69, 9.17) is 21.1 Å². The predicted molar refractivity (Wildman–Crippen MR) is 121 cm³/mol. The molecule has 31 heavy (non-hydrogen) atoms. The van der Waals surface area contributed by atoms with Gasteiger partial charge in [-0.25, -0.2) is 0 Å². The minimum atomic E-state index is -0.380. The quantitative estimate of drug-likeness (QED) is 0.621. The van der Waals surface area contributed by atoms with Crippen LogP contribution < -0.4 is 14.8 Å². The highest BCUT2D eigenvalue weighted by Gasteiger charge is 2.42. The molecule has 1 heterocycles. The molecule has 1 saturated heterocycles. The number of nitrogens with one attached hydrogen (secondary N) is 1. The van der Waals surface area contributed by atoms with E-state index >= 15 is 0 Å². The smallest absolute Gasteiger partial charge is 0.253 e. The number of hydrogen-bond donors (Lipinski definition) is 1. The summed E-state index contributed by atoms with van der Waals surface area (Å²) in [6.07, 6.45) is 1.91. The number of carbonyl (C=O) groups is 2. The molecule has 2 unspecified atom stereocenters. The van der Waals surface area contributed by atoms with Crippen molar-refractivity contribution in [2.75, 3.05) is 33.9 Å². The Morgan fingerprint density at radius 2 is 1.84 bits per heavy atom. The zero-order valence-corrected chi connectivity index (χ0v) is 18.9. The van der Waals surface area contributed by atoms with Gasteiger partial charge in [-0.3, -0.25) is 9.59 Å². The summed E-state index contributed by atoms with van der Waals surface area (Å²) in [5, 5.41) is 3.61. The van der Waals surface area contributed by atoms with Gasteiger partial charge in [0.25, 0.3) is 5.91 Å². The number of amides is 2. The van der Waals surface area contributed by atoms with Crippen molar-refractivity contribution < 1.29 is 19.1 Å². The second kappa shape index (κ2) is 10.5. The lowest BCUT2D eigenvalue weighted by Gasteiger charge is -2.21. The van der Waals surface area contributed by atoms with E-state index in [2.05, 4.69) is 12.2 Å². The summed E-state index contributed by atoms with van der Waals surface area (Å²) in [6, 6.07) is 12.5. The first-order chi connectivity index (χ1) is 15.0. The molecule has 166 valence electrons. The molecule has 2 aromatic carbocycles. The van der Waals surface area contributed by atoms with Crippen molar-refractivity contribution in [1.29, 1.82) is 0 Å². The number of para-hydroxylation sites is 1. The Bertz CT molecular complexity index is 916. The molecule has 0 spiro atoms. The van der Waals surface area contributed by atoms with Crippen LogP contribution in [0.5, 0.6) is 11.5 Å². The van der Waals surface area contributed by atoms with Gasteiger partial charge >= 0.3 is 0 Å². The molecule has 2 aromatic rings. The van der Waals surface area contributed by atoms with Gasteiger partial charge in [0.2, 0.25) is 5.91 Å². The molecule has 1 N–H and O–H groups in total. The number of hydrogen-bond acceptors (Lipinski definition) is 4. The highest BCUT2D eigenvalue weighted by molar-refractivity contribution is 6.30. The van der Waals surface area contributed by atoms with Gasteiger partial charge in [0.1, 0.15) is 0 Å². The lowest BCUT2D eigenvalue weighted by atomic mass is 9.87. The van der Waals surface area contributed by atoms with Crippen molar-refractivity contribution in [3.63, 3.8) is 0 Å². The van der Waals surface area contributed by atoms with Gasteiger partial charge in [-0.05, 0) is 36.8 Å². The molecule has 1 aliphatic heterocycles. The first-order valence-electron chi connectivity index (χ1n) is 10.5. The Hall–Kier alpha value is -2.73. The number of carbonyl (C=O) groups excluding carboxylic acids is 2. The SMILES string of the molecule is CCCCNC(=O)C1CN(C(=O)c2ccc(Cl)cc2)CC1c1cccc(OC)c1OC. The molecule has 0 aliphatic carbocycles. The second-order valence-corrected chi connectivity index (χ2v) is 8.09. The summed E-state index contributed by atoms with van der Waals surface area (Å²) in [5.74, 6) is 0.453. The number of ether oxygens (including phenoxy) is 2. The normalized spacial score (nSPS) is 18.0. The number of methoxy groups -OCH3 is 2. The summed E-state index contributed by atoms with van der Waals surface area (Å²) in [7, 11) is 3.17. The minimum absolute atomic E-state index is 0.0465. The molecule has 0 radical (unpaired) electrons. The molecule has 1 fully saturated rings. The Morgan fingerprint density at radius 1 is 1.10 bits per heavy atom. The molecule has 2 amide bonds. The maximum Gasteiger partial charge on any atom is 0.253 e. The van der Waals surface area contributed by atoms with Crippen LogP contribution in [0.1, 0.15) is 41.6 Å². The van der Waals surface area contributed by atoms with Crippen molar-refractivity contribution in [2.45, 2.75) is 25.7 Å². The lowest BCUT2D eigenvalue weighted by Crippen LogP contribution is -2.36. The fraction of sp³-hybridized carbons (Fsp3) is 0.417. The molecule has 6 nitrogen and oxygen atoms in total. The maximum absolute atomic E-state index is 13.1. The zero-order chi connectivity index (χ0) is 22.4. The van der Waals surface area contributed by atoms with Crippen LogP contribution in [0.3, 0.4) is 0 Å². The summed E-state index contributed by atoms with van der Waals surface area (Å²) in [6.45, 7) is 3.46. The number of nitrogens with zero attached hydrogens (tertiary/aromatic N) is 1. The van der Waals surface area contributed by atoms with Crippen LogP contribution in [0.15, 0.2) is 42.5 Å². The number of benzene rings is 2. The second-order valence-electron chi connectivity index (χ2n) is 7.66. The van der Waals surface area contributed by atoms with E-state index in [1.165, 1.54) is 0 Å². The number of likely N-dealkylation sites (tertiary alicyclic amines) is 1. The summed E-state index contributed by atoms with van der Waals surface area (Å²) < 4.78 is 11.1. The van der Waals surface area contributed by atoms with Crippen LogP contribution in [0.25, 0.3) is 0 Å². The third-order valence-corrected chi connectivity index (χ3v) is 5.95. The third kappa shape index (κ3) is 5.13. The molecule has 0 bridgehead atoms. The van der Waals surface area contributed by atoms with Crippen molar-refractivity contribution in [2.24, 2.45) is 5.92 Å². The highest BCUT2D eigenvalue weighted by atomic mass is 35.5. The van der Waals surface area contributed by atoms with Crippen LogP contribution in [0, 0.1) is 5.92 Å². The standard InChI is InChI=1S/C24H29ClN2O4/c1-4-5-13-26-23(28)20-15-27(24(29)16-9-11-17(25)12-10-16)14-19(20)18-7-6-8-21(30-2)22(18)31-3/h6-12,19-20H,4-5,13-15H2,1-3H3,(H,26,28). The highest BCUT2D eigenvalue weighted by Crippen LogP contribution is 2.42. The molecule has 1 aliphatic rings. The molecular formula is C24H29ClN2O4. The van der Waals surface area contributed by atoms with E-state index in [1.807, 2.05) is 18.2 Å². The van der Waals surface area contributed by atoms with E-state index < -0.39 is 0 Å². The molecule has 7 heteroatoms. The van der Waals surface area contributed by atoms with E-state index in [0.717, 1.165) is 18.4 Å². The van der Waals surface area contributed by atoms with E-state index in [0.29, 0.717) is 41.7 Å². The zero-order valence-electron chi connectivity index (χ0n) is 18.2. The van der Waals surface area contributed by atoms with E-state index in [-0.39, 0.29) is 23.7 Å². The predicted octanol–water partition coefficient (Wildman–Crippen LogP) is 4.13. The number of unbranched alkanes of at least 4 members (excludes halogenated alkanes) is 1. The first-order valence-corrected chi connectivity index (χ1v) is 10.9. The van der Waals surface area contributed by atoms with Crippen LogP contribution in [0.2, 0.25) is 5.02 Å².